The lowest BCUT2D eigenvalue weighted by Crippen LogP contribution is -2.66. The van der Waals surface area contributed by atoms with Gasteiger partial charge in [-0.05, 0) is 37.1 Å². The topological polar surface area (TPSA) is 124 Å². The first-order chi connectivity index (χ1) is 18.4. The Bertz CT molecular complexity index is 1430. The van der Waals surface area contributed by atoms with Gasteiger partial charge in [-0.15, -0.1) is 4.36 Å². The van der Waals surface area contributed by atoms with E-state index in [1.54, 1.807) is 23.2 Å². The standard InChI is InChI=1S/C26H31F2N5O5S/c1-17-20(33-13-25(14-33)15-38-16-25)12-29-22(32-9-4-7-26(27,28)8-10-32)21(17)23(34)30-18-5-3-6-19(11-18)39(2,37)31-24(35)36/h3,5-6,11-12H,4,7-10,13-16H2,1-2H3,(H,30,34)(H,35,36). The van der Waals surface area contributed by atoms with Crippen LogP contribution in [-0.4, -0.2) is 77.9 Å². The number of anilines is 3. The number of pyridine rings is 1. The molecule has 2 aromatic rings. The maximum Gasteiger partial charge on any atom is 0.439 e. The highest BCUT2D eigenvalue weighted by Crippen LogP contribution is 2.42. The van der Waals surface area contributed by atoms with Gasteiger partial charge in [0, 0.05) is 55.9 Å². The van der Waals surface area contributed by atoms with Crippen LogP contribution in [-0.2, 0) is 14.5 Å². The molecule has 1 aromatic carbocycles. The minimum atomic E-state index is -3.24. The summed E-state index contributed by atoms with van der Waals surface area (Å²) in [7, 11) is -3.24. The zero-order valence-electron chi connectivity index (χ0n) is 21.8. The SMILES string of the molecule is Cc1c(N2CC3(COC3)C2)cnc(N2CCCC(F)(F)CC2)c1C(=O)Nc1cccc(S(C)(=O)=NC(=O)O)c1. The van der Waals surface area contributed by atoms with Gasteiger partial charge in [0.2, 0.25) is 5.92 Å². The Kier molecular flexibility index (Phi) is 7.00. The fourth-order valence-corrected chi connectivity index (χ4v) is 6.48. The summed E-state index contributed by atoms with van der Waals surface area (Å²) in [6, 6.07) is 6.03. The zero-order chi connectivity index (χ0) is 28.0. The minimum Gasteiger partial charge on any atom is -0.463 e. The van der Waals surface area contributed by atoms with Crippen LogP contribution in [0.3, 0.4) is 0 Å². The molecule has 3 fully saturated rings. The number of aromatic nitrogens is 1. The number of carboxylic acid groups (broad SMARTS) is 1. The van der Waals surface area contributed by atoms with Crippen LogP contribution in [0.25, 0.3) is 0 Å². The summed E-state index contributed by atoms with van der Waals surface area (Å²) in [6.45, 7) is 5.20. The van der Waals surface area contributed by atoms with Crippen molar-refractivity contribution in [1.82, 2.24) is 4.98 Å². The number of halogens is 2. The molecule has 1 atom stereocenters. The number of hydrogen-bond donors (Lipinski definition) is 2. The highest BCUT2D eigenvalue weighted by Gasteiger charge is 2.49. The molecule has 0 saturated carbocycles. The molecule has 5 rings (SSSR count). The number of carbonyl (C=O) groups is 2. The molecular weight excluding hydrogens is 532 g/mol. The number of carbonyl (C=O) groups excluding carboxylic acids is 1. The second kappa shape index (κ2) is 10.0. The third-order valence-corrected chi connectivity index (χ3v) is 9.16. The summed E-state index contributed by atoms with van der Waals surface area (Å²) < 4.78 is 49.7. The van der Waals surface area contributed by atoms with E-state index in [1.807, 2.05) is 6.92 Å². The van der Waals surface area contributed by atoms with Gasteiger partial charge in [0.1, 0.15) is 5.82 Å². The van der Waals surface area contributed by atoms with Gasteiger partial charge in [0.25, 0.3) is 5.91 Å². The lowest BCUT2D eigenvalue weighted by Gasteiger charge is -2.56. The molecule has 3 aliphatic rings. The molecule has 2 amide bonds. The van der Waals surface area contributed by atoms with Crippen LogP contribution < -0.4 is 15.1 Å². The molecular formula is C26H31F2N5O5S. The monoisotopic (exact) mass is 563 g/mol. The van der Waals surface area contributed by atoms with Crippen molar-refractivity contribution in [2.75, 3.05) is 60.8 Å². The Hall–Kier alpha value is -3.32. The Morgan fingerprint density at radius 2 is 1.92 bits per heavy atom. The Morgan fingerprint density at radius 3 is 2.59 bits per heavy atom. The Labute approximate surface area is 225 Å². The van der Waals surface area contributed by atoms with Crippen LogP contribution in [0.4, 0.5) is 30.8 Å². The normalized spacial score (nSPS) is 21.2. The second-order valence-electron chi connectivity index (χ2n) is 10.7. The number of amides is 2. The Balaban J connectivity index is 1.48. The smallest absolute Gasteiger partial charge is 0.439 e. The van der Waals surface area contributed by atoms with E-state index >= 15 is 0 Å². The predicted molar refractivity (Wildman–Crippen MR) is 143 cm³/mol. The molecule has 10 nitrogen and oxygen atoms in total. The molecule has 3 saturated heterocycles. The maximum absolute atomic E-state index is 14.1. The average Bonchev–Trinajstić information content (AvgIpc) is 2.97. The van der Waals surface area contributed by atoms with Crippen molar-refractivity contribution in [3.8, 4) is 0 Å². The third-order valence-electron chi connectivity index (χ3n) is 7.53. The number of hydrogen-bond acceptors (Lipinski definition) is 7. The van der Waals surface area contributed by atoms with Gasteiger partial charge < -0.3 is 25.0 Å². The third kappa shape index (κ3) is 5.55. The van der Waals surface area contributed by atoms with Gasteiger partial charge >= 0.3 is 6.09 Å². The number of alkyl halides is 2. The van der Waals surface area contributed by atoms with Gasteiger partial charge in [-0.25, -0.2) is 22.8 Å². The highest BCUT2D eigenvalue weighted by molar-refractivity contribution is 7.93. The maximum atomic E-state index is 14.1. The molecule has 0 radical (unpaired) electrons. The van der Waals surface area contributed by atoms with E-state index in [4.69, 9.17) is 9.84 Å². The van der Waals surface area contributed by atoms with Crippen LogP contribution in [0.1, 0.15) is 35.2 Å². The number of rotatable bonds is 5. The van der Waals surface area contributed by atoms with Crippen molar-refractivity contribution in [2.24, 2.45) is 9.78 Å². The minimum absolute atomic E-state index is 0.0628. The largest absolute Gasteiger partial charge is 0.463 e. The summed E-state index contributed by atoms with van der Waals surface area (Å²) in [5.41, 5.74) is 2.19. The van der Waals surface area contributed by atoms with Crippen molar-refractivity contribution in [2.45, 2.75) is 37.0 Å². The zero-order valence-corrected chi connectivity index (χ0v) is 22.6. The molecule has 1 aromatic heterocycles. The van der Waals surface area contributed by atoms with Crippen LogP contribution in [0.2, 0.25) is 0 Å². The summed E-state index contributed by atoms with van der Waals surface area (Å²) in [6.07, 6.45) is 1.09. The highest BCUT2D eigenvalue weighted by atomic mass is 32.2. The number of nitrogens with one attached hydrogen (secondary N) is 1. The van der Waals surface area contributed by atoms with E-state index in [1.165, 1.54) is 18.4 Å². The summed E-state index contributed by atoms with van der Waals surface area (Å²) in [5.74, 6) is -2.92. The van der Waals surface area contributed by atoms with Gasteiger partial charge in [0.05, 0.1) is 45.8 Å². The first-order valence-corrected chi connectivity index (χ1v) is 14.6. The predicted octanol–water partition coefficient (Wildman–Crippen LogP) is 4.24. The van der Waals surface area contributed by atoms with Crippen LogP contribution in [0.15, 0.2) is 39.7 Å². The molecule has 0 aliphatic carbocycles. The lowest BCUT2D eigenvalue weighted by molar-refractivity contribution is -0.127. The average molecular weight is 564 g/mol. The molecule has 1 unspecified atom stereocenters. The van der Waals surface area contributed by atoms with E-state index in [0.717, 1.165) is 18.8 Å². The molecule has 4 heterocycles. The molecule has 210 valence electrons. The van der Waals surface area contributed by atoms with Gasteiger partial charge in [0.15, 0.2) is 0 Å². The number of benzene rings is 1. The van der Waals surface area contributed by atoms with Crippen molar-refractivity contribution >= 4 is 38.9 Å². The van der Waals surface area contributed by atoms with Gasteiger partial charge in [-0.1, -0.05) is 6.07 Å². The molecule has 0 bridgehead atoms. The van der Waals surface area contributed by atoms with Crippen molar-refractivity contribution in [3.05, 3.63) is 41.6 Å². The van der Waals surface area contributed by atoms with Crippen LogP contribution in [0.5, 0.6) is 0 Å². The molecule has 2 N–H and O–H groups in total. The van der Waals surface area contributed by atoms with E-state index < -0.39 is 27.7 Å². The molecule has 13 heteroatoms. The van der Waals surface area contributed by atoms with Crippen molar-refractivity contribution in [1.29, 1.82) is 0 Å². The Morgan fingerprint density at radius 1 is 1.18 bits per heavy atom. The molecule has 1 spiro atoms. The van der Waals surface area contributed by atoms with Crippen LogP contribution in [0, 0.1) is 12.3 Å². The summed E-state index contributed by atoms with van der Waals surface area (Å²) in [5, 5.41) is 11.8. The lowest BCUT2D eigenvalue weighted by atomic mass is 9.77. The quantitative estimate of drug-likeness (QED) is 0.554. The fourth-order valence-electron chi connectivity index (χ4n) is 5.40. The van der Waals surface area contributed by atoms with Gasteiger partial charge in [-0.2, -0.15) is 0 Å². The van der Waals surface area contributed by atoms with E-state index in [9.17, 15) is 22.6 Å². The van der Waals surface area contributed by atoms with Crippen LogP contribution >= 0.6 is 0 Å². The summed E-state index contributed by atoms with van der Waals surface area (Å²) in [4.78, 5) is 33.4. The fraction of sp³-hybridized carbons (Fsp3) is 0.500. The van der Waals surface area contributed by atoms with E-state index in [-0.39, 0.29) is 41.7 Å². The van der Waals surface area contributed by atoms with E-state index in [0.29, 0.717) is 36.8 Å². The molecule has 39 heavy (non-hydrogen) atoms. The summed E-state index contributed by atoms with van der Waals surface area (Å²) >= 11 is 0. The molecule has 3 aliphatic heterocycles. The number of ether oxygens (including phenoxy) is 1. The first kappa shape index (κ1) is 27.3. The second-order valence-corrected chi connectivity index (χ2v) is 12.9. The van der Waals surface area contributed by atoms with Crippen molar-refractivity contribution < 1.29 is 32.4 Å². The van der Waals surface area contributed by atoms with Crippen molar-refractivity contribution in [3.63, 3.8) is 0 Å². The van der Waals surface area contributed by atoms with E-state index in [2.05, 4.69) is 19.6 Å². The van der Waals surface area contributed by atoms with Gasteiger partial charge in [-0.3, -0.25) is 4.79 Å². The number of nitrogens with zero attached hydrogens (tertiary/aromatic N) is 4. The first-order valence-electron chi connectivity index (χ1n) is 12.7.